The molecule has 0 N–H and O–H groups in total. The van der Waals surface area contributed by atoms with Gasteiger partial charge in [-0.05, 0) is 25.0 Å². The molecule has 1 fully saturated rings. The van der Waals surface area contributed by atoms with Gasteiger partial charge in [0.15, 0.2) is 0 Å². The number of carbonyl (C=O) groups is 1. The van der Waals surface area contributed by atoms with Gasteiger partial charge in [-0.1, -0.05) is 18.2 Å². The van der Waals surface area contributed by atoms with Gasteiger partial charge in [-0.15, -0.1) is 0 Å². The molecule has 0 aromatic heterocycles. The summed E-state index contributed by atoms with van der Waals surface area (Å²) >= 11 is 0. The molecular weight excluding hydrogens is 238 g/mol. The average molecular weight is 253 g/mol. The maximum atomic E-state index is 12.2. The van der Waals surface area contributed by atoms with Gasteiger partial charge in [-0.3, -0.25) is 0 Å². The van der Waals surface area contributed by atoms with E-state index in [0.717, 1.165) is 6.29 Å². The topological polar surface area (TPSA) is 54.5 Å². The summed E-state index contributed by atoms with van der Waals surface area (Å²) in [6.45, 7) is 0.862. The van der Waals surface area contributed by atoms with Crippen LogP contribution >= 0.6 is 0 Å². The lowest BCUT2D eigenvalue weighted by molar-refractivity contribution is -0.112. The van der Waals surface area contributed by atoms with E-state index in [-0.39, 0.29) is 5.92 Å². The van der Waals surface area contributed by atoms with E-state index in [9.17, 15) is 13.2 Å². The number of aldehydes is 1. The highest BCUT2D eigenvalue weighted by molar-refractivity contribution is 7.89. The maximum Gasteiger partial charge on any atom is 0.243 e. The van der Waals surface area contributed by atoms with Crippen molar-refractivity contribution in [2.24, 2.45) is 5.92 Å². The molecule has 0 unspecified atom stereocenters. The summed E-state index contributed by atoms with van der Waals surface area (Å²) in [6.07, 6.45) is 2.16. The second kappa shape index (κ2) is 4.98. The molecule has 1 aromatic rings. The minimum absolute atomic E-state index is 0.0113. The smallest absolute Gasteiger partial charge is 0.243 e. The Morgan fingerprint density at radius 3 is 2.24 bits per heavy atom. The summed E-state index contributed by atoms with van der Waals surface area (Å²) in [6, 6.07) is 8.41. The molecule has 0 aliphatic carbocycles. The SMILES string of the molecule is O=CC1CCN(S(=O)(=O)c2ccccc2)CC1. The van der Waals surface area contributed by atoms with Crippen molar-refractivity contribution in [3.05, 3.63) is 30.3 Å². The molecule has 0 amide bonds. The Morgan fingerprint density at radius 2 is 1.71 bits per heavy atom. The van der Waals surface area contributed by atoms with Gasteiger partial charge in [-0.25, -0.2) is 8.42 Å². The predicted molar refractivity (Wildman–Crippen MR) is 64.0 cm³/mol. The Hall–Kier alpha value is -1.20. The van der Waals surface area contributed by atoms with Crippen LogP contribution in [0.15, 0.2) is 35.2 Å². The lowest BCUT2D eigenvalue weighted by Crippen LogP contribution is -2.38. The first kappa shape index (κ1) is 12.3. The van der Waals surface area contributed by atoms with Crippen LogP contribution in [0.1, 0.15) is 12.8 Å². The lowest BCUT2D eigenvalue weighted by atomic mass is 10.0. The number of rotatable bonds is 3. The first-order valence-corrected chi connectivity index (χ1v) is 7.09. The summed E-state index contributed by atoms with van der Waals surface area (Å²) < 4.78 is 25.9. The number of carbonyl (C=O) groups excluding carboxylic acids is 1. The molecule has 0 bridgehead atoms. The molecule has 0 saturated carbocycles. The molecule has 1 saturated heterocycles. The maximum absolute atomic E-state index is 12.2. The van der Waals surface area contributed by atoms with E-state index < -0.39 is 10.0 Å². The fourth-order valence-corrected chi connectivity index (χ4v) is 3.48. The average Bonchev–Trinajstić information content (AvgIpc) is 2.40. The highest BCUT2D eigenvalue weighted by atomic mass is 32.2. The molecule has 1 aromatic carbocycles. The summed E-state index contributed by atoms with van der Waals surface area (Å²) in [5, 5.41) is 0. The molecule has 0 atom stereocenters. The molecule has 5 heteroatoms. The van der Waals surface area contributed by atoms with Crippen LogP contribution in [0.3, 0.4) is 0 Å². The minimum Gasteiger partial charge on any atom is -0.303 e. The van der Waals surface area contributed by atoms with Crippen molar-refractivity contribution in [2.75, 3.05) is 13.1 Å². The number of benzene rings is 1. The van der Waals surface area contributed by atoms with Crippen LogP contribution in [0, 0.1) is 5.92 Å². The standard InChI is InChI=1S/C12H15NO3S/c14-10-11-6-8-13(9-7-11)17(15,16)12-4-2-1-3-5-12/h1-5,10-11H,6-9H2. The van der Waals surface area contributed by atoms with Crippen LogP contribution < -0.4 is 0 Å². The van der Waals surface area contributed by atoms with Crippen molar-refractivity contribution in [3.8, 4) is 0 Å². The number of piperidine rings is 1. The highest BCUT2D eigenvalue weighted by Crippen LogP contribution is 2.22. The molecule has 1 aliphatic rings. The first-order chi connectivity index (χ1) is 8.14. The summed E-state index contributed by atoms with van der Waals surface area (Å²) in [7, 11) is -3.38. The highest BCUT2D eigenvalue weighted by Gasteiger charge is 2.28. The quantitative estimate of drug-likeness (QED) is 0.763. The van der Waals surface area contributed by atoms with Crippen LogP contribution in [0.4, 0.5) is 0 Å². The van der Waals surface area contributed by atoms with Crippen LogP contribution in [-0.2, 0) is 14.8 Å². The third kappa shape index (κ3) is 2.56. The van der Waals surface area contributed by atoms with Gasteiger partial charge in [0.05, 0.1) is 4.90 Å². The Balaban J connectivity index is 2.16. The van der Waals surface area contributed by atoms with E-state index in [1.807, 2.05) is 0 Å². The van der Waals surface area contributed by atoms with E-state index in [0.29, 0.717) is 30.8 Å². The van der Waals surface area contributed by atoms with Crippen molar-refractivity contribution >= 4 is 16.3 Å². The van der Waals surface area contributed by atoms with Crippen molar-refractivity contribution < 1.29 is 13.2 Å². The zero-order valence-electron chi connectivity index (χ0n) is 9.45. The van der Waals surface area contributed by atoms with E-state index in [2.05, 4.69) is 0 Å². The van der Waals surface area contributed by atoms with E-state index in [1.165, 1.54) is 4.31 Å². The van der Waals surface area contributed by atoms with Gasteiger partial charge in [0.1, 0.15) is 6.29 Å². The molecule has 0 spiro atoms. The second-order valence-corrected chi connectivity index (χ2v) is 6.13. The van der Waals surface area contributed by atoms with E-state index >= 15 is 0 Å². The molecule has 1 aliphatic heterocycles. The van der Waals surface area contributed by atoms with Gasteiger partial charge in [-0.2, -0.15) is 4.31 Å². The van der Waals surface area contributed by atoms with Crippen molar-refractivity contribution in [3.63, 3.8) is 0 Å². The molecule has 2 rings (SSSR count). The summed E-state index contributed by atoms with van der Waals surface area (Å²) in [5.74, 6) is 0.0113. The fraction of sp³-hybridized carbons (Fsp3) is 0.417. The number of nitrogens with zero attached hydrogens (tertiary/aromatic N) is 1. The molecule has 4 nitrogen and oxygen atoms in total. The van der Waals surface area contributed by atoms with Gasteiger partial charge in [0.25, 0.3) is 0 Å². The third-order valence-electron chi connectivity index (χ3n) is 3.07. The summed E-state index contributed by atoms with van der Waals surface area (Å²) in [4.78, 5) is 10.9. The summed E-state index contributed by atoms with van der Waals surface area (Å²) in [5.41, 5.74) is 0. The monoisotopic (exact) mass is 253 g/mol. The predicted octanol–water partition coefficient (Wildman–Crippen LogP) is 1.29. The molecular formula is C12H15NO3S. The minimum atomic E-state index is -3.38. The van der Waals surface area contributed by atoms with Crippen molar-refractivity contribution in [1.82, 2.24) is 4.31 Å². The molecule has 0 radical (unpaired) electrons. The van der Waals surface area contributed by atoms with E-state index in [4.69, 9.17) is 0 Å². The molecule has 92 valence electrons. The van der Waals surface area contributed by atoms with Crippen molar-refractivity contribution in [1.29, 1.82) is 0 Å². The van der Waals surface area contributed by atoms with Crippen LogP contribution in [-0.4, -0.2) is 32.1 Å². The largest absolute Gasteiger partial charge is 0.303 e. The Bertz CT molecular complexity index is 476. The Kier molecular flexibility index (Phi) is 3.59. The van der Waals surface area contributed by atoms with Crippen molar-refractivity contribution in [2.45, 2.75) is 17.7 Å². The zero-order valence-corrected chi connectivity index (χ0v) is 10.3. The number of sulfonamides is 1. The molecule has 1 heterocycles. The van der Waals surface area contributed by atoms with Crippen LogP contribution in [0.25, 0.3) is 0 Å². The van der Waals surface area contributed by atoms with E-state index in [1.54, 1.807) is 30.3 Å². The van der Waals surface area contributed by atoms with Crippen LogP contribution in [0.5, 0.6) is 0 Å². The number of hydrogen-bond acceptors (Lipinski definition) is 3. The van der Waals surface area contributed by atoms with Gasteiger partial charge < -0.3 is 4.79 Å². The van der Waals surface area contributed by atoms with Gasteiger partial charge >= 0.3 is 0 Å². The fourth-order valence-electron chi connectivity index (χ4n) is 1.99. The Morgan fingerprint density at radius 1 is 1.12 bits per heavy atom. The lowest BCUT2D eigenvalue weighted by Gasteiger charge is -2.28. The first-order valence-electron chi connectivity index (χ1n) is 5.65. The normalized spacial score (nSPS) is 19.1. The van der Waals surface area contributed by atoms with Crippen LogP contribution in [0.2, 0.25) is 0 Å². The Labute approximate surface area is 101 Å². The van der Waals surface area contributed by atoms with Gasteiger partial charge in [0, 0.05) is 19.0 Å². The van der Waals surface area contributed by atoms with Gasteiger partial charge in [0.2, 0.25) is 10.0 Å². The third-order valence-corrected chi connectivity index (χ3v) is 4.98. The number of hydrogen-bond donors (Lipinski definition) is 0. The zero-order chi connectivity index (χ0) is 12.3. The molecule has 17 heavy (non-hydrogen) atoms. The second-order valence-electron chi connectivity index (χ2n) is 4.19.